The Balaban J connectivity index is 2.70. The fourth-order valence-electron chi connectivity index (χ4n) is 1.19. The summed E-state index contributed by atoms with van der Waals surface area (Å²) < 4.78 is 4.79. The van der Waals surface area contributed by atoms with Crippen LogP contribution in [0.5, 0.6) is 0 Å². The lowest BCUT2D eigenvalue weighted by molar-refractivity contribution is -0.140. The molecule has 0 spiro atoms. The standard InChI is InChI=1S/C10H16N4O2/c1-4-16-8(15)5-12-10-6(2)9(11)13-7(3)14-10/h4-5H2,1-3H3,(H3,11,12,13,14). The van der Waals surface area contributed by atoms with Gasteiger partial charge in [0.05, 0.1) is 6.61 Å². The van der Waals surface area contributed by atoms with E-state index in [2.05, 4.69) is 15.3 Å². The van der Waals surface area contributed by atoms with Crippen LogP contribution in [0, 0.1) is 13.8 Å². The Hall–Kier alpha value is -1.85. The number of carbonyl (C=O) groups excluding carboxylic acids is 1. The van der Waals surface area contributed by atoms with Crippen LogP contribution in [-0.4, -0.2) is 29.1 Å². The molecule has 0 aromatic carbocycles. The van der Waals surface area contributed by atoms with Gasteiger partial charge in [0.15, 0.2) is 0 Å². The number of ether oxygens (including phenoxy) is 1. The maximum absolute atomic E-state index is 11.1. The van der Waals surface area contributed by atoms with Crippen molar-refractivity contribution >= 4 is 17.6 Å². The van der Waals surface area contributed by atoms with E-state index in [9.17, 15) is 4.79 Å². The van der Waals surface area contributed by atoms with Crippen LogP contribution in [0.1, 0.15) is 18.3 Å². The molecular formula is C10H16N4O2. The SMILES string of the molecule is CCOC(=O)CNc1nc(C)nc(N)c1C. The van der Waals surface area contributed by atoms with Gasteiger partial charge in [-0.05, 0) is 20.8 Å². The number of aromatic nitrogens is 2. The Morgan fingerprint density at radius 3 is 2.75 bits per heavy atom. The molecule has 1 aromatic heterocycles. The van der Waals surface area contributed by atoms with E-state index in [4.69, 9.17) is 10.5 Å². The molecule has 0 aliphatic heterocycles. The Kier molecular flexibility index (Phi) is 4.04. The van der Waals surface area contributed by atoms with E-state index in [-0.39, 0.29) is 12.5 Å². The second kappa shape index (κ2) is 5.29. The fourth-order valence-corrected chi connectivity index (χ4v) is 1.19. The summed E-state index contributed by atoms with van der Waals surface area (Å²) in [6.45, 7) is 5.73. The number of nitrogens with one attached hydrogen (secondary N) is 1. The molecule has 0 radical (unpaired) electrons. The van der Waals surface area contributed by atoms with Crippen LogP contribution in [0.2, 0.25) is 0 Å². The van der Waals surface area contributed by atoms with Crippen LogP contribution < -0.4 is 11.1 Å². The zero-order chi connectivity index (χ0) is 12.1. The van der Waals surface area contributed by atoms with Gasteiger partial charge in [-0.25, -0.2) is 9.97 Å². The first-order valence-electron chi connectivity index (χ1n) is 5.04. The second-order valence-electron chi connectivity index (χ2n) is 3.29. The number of aryl methyl sites for hydroxylation is 1. The molecule has 0 fully saturated rings. The van der Waals surface area contributed by atoms with Crippen LogP contribution in [0.4, 0.5) is 11.6 Å². The number of hydrogen-bond acceptors (Lipinski definition) is 6. The van der Waals surface area contributed by atoms with Gasteiger partial charge in [0, 0.05) is 5.56 Å². The minimum absolute atomic E-state index is 0.0740. The minimum atomic E-state index is -0.322. The lowest BCUT2D eigenvalue weighted by atomic mass is 10.3. The van der Waals surface area contributed by atoms with Crippen molar-refractivity contribution in [3.63, 3.8) is 0 Å². The average molecular weight is 224 g/mol. The summed E-state index contributed by atoms with van der Waals surface area (Å²) in [5.74, 6) is 1.23. The Labute approximate surface area is 94.2 Å². The van der Waals surface area contributed by atoms with E-state index in [0.717, 1.165) is 5.56 Å². The van der Waals surface area contributed by atoms with Crippen molar-refractivity contribution in [1.82, 2.24) is 9.97 Å². The molecule has 3 N–H and O–H groups in total. The van der Waals surface area contributed by atoms with Gasteiger partial charge in [-0.2, -0.15) is 0 Å². The summed E-state index contributed by atoms with van der Waals surface area (Å²) in [7, 11) is 0. The summed E-state index contributed by atoms with van der Waals surface area (Å²) in [6, 6.07) is 0. The first kappa shape index (κ1) is 12.2. The molecule has 0 unspecified atom stereocenters. The summed E-state index contributed by atoms with van der Waals surface area (Å²) in [6.07, 6.45) is 0. The molecule has 0 amide bonds. The van der Waals surface area contributed by atoms with Crippen molar-refractivity contribution in [2.24, 2.45) is 0 Å². The molecule has 16 heavy (non-hydrogen) atoms. The highest BCUT2D eigenvalue weighted by molar-refractivity contribution is 5.75. The zero-order valence-electron chi connectivity index (χ0n) is 9.70. The minimum Gasteiger partial charge on any atom is -0.465 e. The average Bonchev–Trinajstić information content (AvgIpc) is 2.21. The maximum atomic E-state index is 11.1. The number of esters is 1. The molecule has 1 aromatic rings. The van der Waals surface area contributed by atoms with Gasteiger partial charge in [-0.1, -0.05) is 0 Å². The molecule has 0 saturated carbocycles. The second-order valence-corrected chi connectivity index (χ2v) is 3.29. The molecule has 0 aliphatic carbocycles. The van der Waals surface area contributed by atoms with E-state index in [1.807, 2.05) is 0 Å². The monoisotopic (exact) mass is 224 g/mol. The molecule has 6 heteroatoms. The molecule has 0 bridgehead atoms. The largest absolute Gasteiger partial charge is 0.465 e. The van der Waals surface area contributed by atoms with E-state index >= 15 is 0 Å². The van der Waals surface area contributed by atoms with Crippen LogP contribution >= 0.6 is 0 Å². The molecule has 1 rings (SSSR count). The van der Waals surface area contributed by atoms with Crippen molar-refractivity contribution in [3.8, 4) is 0 Å². The van der Waals surface area contributed by atoms with Gasteiger partial charge < -0.3 is 15.8 Å². The predicted octanol–water partition coefficient (Wildman–Crippen LogP) is 0.651. The van der Waals surface area contributed by atoms with Gasteiger partial charge >= 0.3 is 5.97 Å². The number of hydrogen-bond donors (Lipinski definition) is 2. The van der Waals surface area contributed by atoms with Gasteiger partial charge in [0.25, 0.3) is 0 Å². The number of carbonyl (C=O) groups is 1. The maximum Gasteiger partial charge on any atom is 0.325 e. The number of rotatable bonds is 4. The van der Waals surface area contributed by atoms with Gasteiger partial charge in [-0.15, -0.1) is 0 Å². The number of anilines is 2. The van der Waals surface area contributed by atoms with Crippen LogP contribution in [0.15, 0.2) is 0 Å². The number of nitrogens with two attached hydrogens (primary N) is 1. The van der Waals surface area contributed by atoms with Crippen molar-refractivity contribution in [2.45, 2.75) is 20.8 Å². The summed E-state index contributed by atoms with van der Waals surface area (Å²) in [5.41, 5.74) is 6.41. The Morgan fingerprint density at radius 1 is 1.44 bits per heavy atom. The van der Waals surface area contributed by atoms with Crippen LogP contribution in [0.3, 0.4) is 0 Å². The van der Waals surface area contributed by atoms with Crippen molar-refractivity contribution in [3.05, 3.63) is 11.4 Å². The number of nitrogens with zero attached hydrogens (tertiary/aromatic N) is 2. The third kappa shape index (κ3) is 3.08. The van der Waals surface area contributed by atoms with Crippen LogP contribution in [0.25, 0.3) is 0 Å². The number of nitrogen functional groups attached to an aromatic ring is 1. The highest BCUT2D eigenvalue weighted by Crippen LogP contribution is 2.16. The summed E-state index contributed by atoms with van der Waals surface area (Å²) in [5, 5.41) is 2.87. The fraction of sp³-hybridized carbons (Fsp3) is 0.500. The third-order valence-corrected chi connectivity index (χ3v) is 2.00. The van der Waals surface area contributed by atoms with Gasteiger partial charge in [0.1, 0.15) is 24.0 Å². The molecular weight excluding hydrogens is 208 g/mol. The van der Waals surface area contributed by atoms with E-state index in [1.54, 1.807) is 20.8 Å². The molecule has 88 valence electrons. The Morgan fingerprint density at radius 2 is 2.12 bits per heavy atom. The molecule has 0 saturated heterocycles. The van der Waals surface area contributed by atoms with Gasteiger partial charge in [0.2, 0.25) is 0 Å². The van der Waals surface area contributed by atoms with E-state index < -0.39 is 0 Å². The predicted molar refractivity (Wildman–Crippen MR) is 61.0 cm³/mol. The highest BCUT2D eigenvalue weighted by Gasteiger charge is 2.08. The molecule has 1 heterocycles. The molecule has 0 atom stereocenters. The first-order valence-corrected chi connectivity index (χ1v) is 5.04. The summed E-state index contributed by atoms with van der Waals surface area (Å²) >= 11 is 0. The lowest BCUT2D eigenvalue weighted by Gasteiger charge is -2.10. The normalized spacial score (nSPS) is 9.94. The van der Waals surface area contributed by atoms with Crippen molar-refractivity contribution in [2.75, 3.05) is 24.2 Å². The molecule has 6 nitrogen and oxygen atoms in total. The van der Waals surface area contributed by atoms with Crippen LogP contribution in [-0.2, 0) is 9.53 Å². The third-order valence-electron chi connectivity index (χ3n) is 2.00. The van der Waals surface area contributed by atoms with Gasteiger partial charge in [-0.3, -0.25) is 4.79 Å². The smallest absolute Gasteiger partial charge is 0.325 e. The van der Waals surface area contributed by atoms with E-state index in [0.29, 0.717) is 24.1 Å². The van der Waals surface area contributed by atoms with Crippen molar-refractivity contribution < 1.29 is 9.53 Å². The molecule has 0 aliphatic rings. The zero-order valence-corrected chi connectivity index (χ0v) is 9.70. The Bertz CT molecular complexity index is 393. The highest BCUT2D eigenvalue weighted by atomic mass is 16.5. The first-order chi connectivity index (χ1) is 7.54. The topological polar surface area (TPSA) is 90.1 Å². The lowest BCUT2D eigenvalue weighted by Crippen LogP contribution is -2.18. The van der Waals surface area contributed by atoms with E-state index in [1.165, 1.54) is 0 Å². The quantitative estimate of drug-likeness (QED) is 0.730. The summed E-state index contributed by atoms with van der Waals surface area (Å²) in [4.78, 5) is 19.3. The van der Waals surface area contributed by atoms with Crippen molar-refractivity contribution in [1.29, 1.82) is 0 Å².